The van der Waals surface area contributed by atoms with E-state index in [2.05, 4.69) is 0 Å². The molecular weight excluding hydrogens is 330 g/mol. The number of carboxylic acids is 2. The monoisotopic (exact) mass is 350 g/mol. The van der Waals surface area contributed by atoms with Crippen LogP contribution in [0.1, 0.15) is 40.5 Å². The van der Waals surface area contributed by atoms with Crippen LogP contribution in [0.5, 0.6) is 0 Å². The minimum absolute atomic E-state index is 0. The van der Waals surface area contributed by atoms with Crippen molar-refractivity contribution in [2.75, 3.05) is 13.1 Å². The molecule has 0 aromatic rings. The van der Waals surface area contributed by atoms with Gasteiger partial charge in [-0.2, -0.15) is 0 Å². The Morgan fingerprint density at radius 3 is 1.64 bits per heavy atom. The molecule has 0 atom stereocenters. The minimum Gasteiger partial charge on any atom is -0.549 e. The number of hydrogen-bond acceptors (Lipinski definition) is 6. The molecule has 0 unspecified atom stereocenters. The summed E-state index contributed by atoms with van der Waals surface area (Å²) in [4.78, 5) is 23.0. The fourth-order valence-electron chi connectivity index (χ4n) is 3.11. The van der Waals surface area contributed by atoms with E-state index < -0.39 is 25.0 Å². The standard InChI is InChI=1S/C13H23ClN2O4.2Na/c1-12(2)5-9(6-13(3,4)16(12)14)15(7-10(17)18)8-11(19)20;;/h9H,5-8H2,1-4H3,(H,17,18)(H,19,20);;/q;2*+1/p-2. The van der Waals surface area contributed by atoms with Crippen molar-refractivity contribution in [3.63, 3.8) is 0 Å². The van der Waals surface area contributed by atoms with Crippen LogP contribution in [0.2, 0.25) is 0 Å². The van der Waals surface area contributed by atoms with Crippen LogP contribution in [0.25, 0.3) is 0 Å². The van der Waals surface area contributed by atoms with Gasteiger partial charge in [-0.3, -0.25) is 4.90 Å². The van der Waals surface area contributed by atoms with Gasteiger partial charge in [-0.1, -0.05) is 0 Å². The SMILES string of the molecule is CC1(C)CC(N(CC(=O)[O-])CC(=O)[O-])CC(C)(C)N1Cl.[Na+].[Na+]. The number of halogens is 1. The van der Waals surface area contributed by atoms with Crippen LogP contribution < -0.4 is 69.3 Å². The molecule has 0 aromatic carbocycles. The molecule has 0 amide bonds. The molecule has 0 saturated carbocycles. The molecular formula is C13H21ClN2Na2O4. The molecule has 0 spiro atoms. The van der Waals surface area contributed by atoms with Crippen LogP contribution >= 0.6 is 11.8 Å². The van der Waals surface area contributed by atoms with E-state index in [9.17, 15) is 19.8 Å². The number of carbonyl (C=O) groups excluding carboxylic acids is 2. The predicted molar refractivity (Wildman–Crippen MR) is 70.5 cm³/mol. The number of carboxylic acid groups (broad SMARTS) is 2. The molecule has 0 N–H and O–H groups in total. The molecule has 1 heterocycles. The summed E-state index contributed by atoms with van der Waals surface area (Å²) in [5.74, 6) is -2.59. The molecule has 1 saturated heterocycles. The zero-order valence-corrected chi connectivity index (χ0v) is 19.1. The number of carbonyl (C=O) groups is 2. The average molecular weight is 351 g/mol. The van der Waals surface area contributed by atoms with Crippen molar-refractivity contribution in [3.8, 4) is 0 Å². The first-order chi connectivity index (χ1) is 8.95. The Morgan fingerprint density at radius 2 is 1.36 bits per heavy atom. The molecule has 116 valence electrons. The molecule has 0 aromatic heterocycles. The largest absolute Gasteiger partial charge is 1.00 e. The van der Waals surface area contributed by atoms with Gasteiger partial charge in [-0.15, -0.1) is 0 Å². The van der Waals surface area contributed by atoms with Crippen molar-refractivity contribution in [2.45, 2.75) is 57.7 Å². The van der Waals surface area contributed by atoms with E-state index in [-0.39, 0.29) is 76.2 Å². The van der Waals surface area contributed by atoms with Crippen molar-refractivity contribution in [3.05, 3.63) is 0 Å². The fraction of sp³-hybridized carbons (Fsp3) is 0.846. The number of rotatable bonds is 5. The van der Waals surface area contributed by atoms with E-state index >= 15 is 0 Å². The van der Waals surface area contributed by atoms with Crippen molar-refractivity contribution >= 4 is 23.7 Å². The molecule has 9 heteroatoms. The molecule has 22 heavy (non-hydrogen) atoms. The van der Waals surface area contributed by atoms with E-state index in [1.54, 1.807) is 4.42 Å². The van der Waals surface area contributed by atoms with Gasteiger partial charge in [-0.05, 0) is 52.3 Å². The Balaban J connectivity index is 0. The summed E-state index contributed by atoms with van der Waals surface area (Å²) < 4.78 is 1.73. The number of aliphatic carboxylic acids is 2. The summed E-state index contributed by atoms with van der Waals surface area (Å²) in [6, 6.07) is -0.203. The van der Waals surface area contributed by atoms with Crippen molar-refractivity contribution in [1.29, 1.82) is 0 Å². The molecule has 6 nitrogen and oxygen atoms in total. The van der Waals surface area contributed by atoms with E-state index in [4.69, 9.17) is 11.8 Å². The third-order valence-corrected chi connectivity index (χ3v) is 4.63. The molecule has 0 bridgehead atoms. The van der Waals surface area contributed by atoms with E-state index in [0.717, 1.165) is 0 Å². The third kappa shape index (κ3) is 6.95. The Bertz CT molecular complexity index is 374. The van der Waals surface area contributed by atoms with Crippen LogP contribution in [-0.4, -0.2) is 51.5 Å². The predicted octanol–water partition coefficient (Wildman–Crippen LogP) is -7.03. The maximum atomic E-state index is 10.8. The Morgan fingerprint density at radius 1 is 1.05 bits per heavy atom. The first-order valence-electron chi connectivity index (χ1n) is 6.55. The van der Waals surface area contributed by atoms with Crippen molar-refractivity contribution in [1.82, 2.24) is 9.32 Å². The summed E-state index contributed by atoms with van der Waals surface area (Å²) in [5, 5.41) is 21.6. The zero-order chi connectivity index (χ0) is 15.7. The normalized spacial score (nSPS) is 20.8. The summed E-state index contributed by atoms with van der Waals surface area (Å²) in [6.45, 7) is 6.95. The molecule has 1 aliphatic rings. The van der Waals surface area contributed by atoms with Gasteiger partial charge >= 0.3 is 59.1 Å². The van der Waals surface area contributed by atoms with Crippen molar-refractivity contribution < 1.29 is 78.9 Å². The Kier molecular flexibility index (Phi) is 11.1. The quantitative estimate of drug-likeness (QED) is 0.362. The van der Waals surface area contributed by atoms with Gasteiger partial charge in [0.15, 0.2) is 0 Å². The first-order valence-corrected chi connectivity index (χ1v) is 6.89. The van der Waals surface area contributed by atoms with E-state index in [0.29, 0.717) is 12.8 Å². The Hall–Kier alpha value is 1.15. The second-order valence-electron chi connectivity index (χ2n) is 6.62. The summed E-state index contributed by atoms with van der Waals surface area (Å²) in [6.07, 6.45) is 1.14. The van der Waals surface area contributed by atoms with Crippen LogP contribution in [0.3, 0.4) is 0 Å². The maximum Gasteiger partial charge on any atom is 1.00 e. The smallest absolute Gasteiger partial charge is 0.549 e. The van der Waals surface area contributed by atoms with Gasteiger partial charge in [0.2, 0.25) is 0 Å². The van der Waals surface area contributed by atoms with E-state index in [1.807, 2.05) is 27.7 Å². The summed E-state index contributed by atoms with van der Waals surface area (Å²) in [7, 11) is 0. The third-order valence-electron chi connectivity index (χ3n) is 3.71. The van der Waals surface area contributed by atoms with Crippen molar-refractivity contribution in [2.24, 2.45) is 0 Å². The summed E-state index contributed by atoms with van der Waals surface area (Å²) in [5.41, 5.74) is -0.742. The topological polar surface area (TPSA) is 86.7 Å². The number of piperidine rings is 1. The van der Waals surface area contributed by atoms with Gasteiger partial charge in [0.05, 0.1) is 11.9 Å². The number of hydrogen-bond donors (Lipinski definition) is 0. The molecule has 1 rings (SSSR count). The van der Waals surface area contributed by atoms with Gasteiger partial charge in [0.25, 0.3) is 0 Å². The molecule has 0 aliphatic carbocycles. The second-order valence-corrected chi connectivity index (χ2v) is 6.95. The van der Waals surface area contributed by atoms with Gasteiger partial charge in [-0.25, -0.2) is 4.42 Å². The maximum absolute atomic E-state index is 10.8. The van der Waals surface area contributed by atoms with Gasteiger partial charge in [0, 0.05) is 30.2 Å². The minimum atomic E-state index is -1.30. The second kappa shape index (κ2) is 9.59. The van der Waals surface area contributed by atoms with Gasteiger partial charge in [0.1, 0.15) is 0 Å². The average Bonchev–Trinajstić information content (AvgIpc) is 2.22. The molecule has 1 aliphatic heterocycles. The van der Waals surface area contributed by atoms with E-state index in [1.165, 1.54) is 4.90 Å². The van der Waals surface area contributed by atoms with Crippen LogP contribution in [0.15, 0.2) is 0 Å². The first kappa shape index (κ1) is 25.4. The zero-order valence-electron chi connectivity index (χ0n) is 14.3. The van der Waals surface area contributed by atoms with Crippen LogP contribution in [-0.2, 0) is 9.59 Å². The van der Waals surface area contributed by atoms with Gasteiger partial charge < -0.3 is 19.8 Å². The fourth-order valence-corrected chi connectivity index (χ4v) is 3.25. The number of nitrogens with zero attached hydrogens (tertiary/aromatic N) is 2. The Labute approximate surface area is 181 Å². The molecule has 0 radical (unpaired) electrons. The summed E-state index contributed by atoms with van der Waals surface area (Å²) >= 11 is 6.34. The molecule has 1 fully saturated rings. The van der Waals surface area contributed by atoms with Crippen LogP contribution in [0.4, 0.5) is 0 Å². The van der Waals surface area contributed by atoms with Crippen LogP contribution in [0, 0.1) is 0 Å².